The number of fused-ring (bicyclic) bond motifs is 1. The second-order valence-corrected chi connectivity index (χ2v) is 6.11. The maximum atomic E-state index is 12.2. The summed E-state index contributed by atoms with van der Waals surface area (Å²) in [6, 6.07) is 6.07. The molecule has 1 amide bonds. The minimum Gasteiger partial charge on any atom is -0.314 e. The third-order valence-corrected chi connectivity index (χ3v) is 4.11. The van der Waals surface area contributed by atoms with Crippen LogP contribution in [-0.4, -0.2) is 22.5 Å². The summed E-state index contributed by atoms with van der Waals surface area (Å²) < 4.78 is 2.71. The van der Waals surface area contributed by atoms with Crippen LogP contribution in [-0.2, 0) is 10.2 Å². The molecule has 0 saturated carbocycles. The number of imidazole rings is 1. The molecule has 19 heavy (non-hydrogen) atoms. The van der Waals surface area contributed by atoms with Crippen LogP contribution in [0.5, 0.6) is 0 Å². The number of hydrogen-bond acceptors (Lipinski definition) is 2. The number of nitrogens with zero attached hydrogens (tertiary/aromatic N) is 3. The van der Waals surface area contributed by atoms with E-state index in [1.54, 1.807) is 11.2 Å². The SMILES string of the molecule is CN1C(=O)C(C)(C)c2ccc(-n3cnc(Br)c3)cc21. The van der Waals surface area contributed by atoms with E-state index in [9.17, 15) is 4.79 Å². The first-order valence-electron chi connectivity index (χ1n) is 6.04. The largest absolute Gasteiger partial charge is 0.314 e. The molecule has 0 atom stereocenters. The van der Waals surface area contributed by atoms with Crippen LogP contribution in [0.15, 0.2) is 35.3 Å². The quantitative estimate of drug-likeness (QED) is 0.810. The van der Waals surface area contributed by atoms with Crippen molar-refractivity contribution < 1.29 is 4.79 Å². The van der Waals surface area contributed by atoms with Gasteiger partial charge in [0.15, 0.2) is 0 Å². The van der Waals surface area contributed by atoms with Crippen LogP contribution in [0.25, 0.3) is 5.69 Å². The predicted molar refractivity (Wildman–Crippen MR) is 77.7 cm³/mol. The molecule has 0 radical (unpaired) electrons. The minimum atomic E-state index is -0.446. The van der Waals surface area contributed by atoms with E-state index in [0.717, 1.165) is 21.5 Å². The van der Waals surface area contributed by atoms with Gasteiger partial charge in [0.25, 0.3) is 0 Å². The molecule has 98 valence electrons. The highest BCUT2D eigenvalue weighted by atomic mass is 79.9. The topological polar surface area (TPSA) is 38.1 Å². The number of hydrogen-bond donors (Lipinski definition) is 0. The molecule has 1 aromatic heterocycles. The summed E-state index contributed by atoms with van der Waals surface area (Å²) in [5.41, 5.74) is 2.59. The Labute approximate surface area is 120 Å². The van der Waals surface area contributed by atoms with E-state index in [2.05, 4.69) is 20.9 Å². The number of likely N-dealkylation sites (N-methyl/N-ethyl adjacent to an activating group) is 1. The molecular weight excluding hydrogens is 306 g/mol. The standard InChI is InChI=1S/C14H14BrN3O/c1-14(2)10-5-4-9(18-7-12(15)16-8-18)6-11(10)17(3)13(14)19/h4-8H,1-3H3. The summed E-state index contributed by atoms with van der Waals surface area (Å²) in [4.78, 5) is 18.1. The highest BCUT2D eigenvalue weighted by Gasteiger charge is 2.42. The van der Waals surface area contributed by atoms with Crippen LogP contribution < -0.4 is 4.90 Å². The lowest BCUT2D eigenvalue weighted by Gasteiger charge is -2.16. The summed E-state index contributed by atoms with van der Waals surface area (Å²) >= 11 is 3.33. The van der Waals surface area contributed by atoms with Crippen molar-refractivity contribution in [2.75, 3.05) is 11.9 Å². The van der Waals surface area contributed by atoms with Crippen LogP contribution in [0, 0.1) is 0 Å². The van der Waals surface area contributed by atoms with Crippen molar-refractivity contribution >= 4 is 27.5 Å². The zero-order valence-corrected chi connectivity index (χ0v) is 12.6. The van der Waals surface area contributed by atoms with E-state index in [4.69, 9.17) is 0 Å². The lowest BCUT2D eigenvalue weighted by Crippen LogP contribution is -2.33. The average molecular weight is 320 g/mol. The van der Waals surface area contributed by atoms with Gasteiger partial charge in [-0.25, -0.2) is 4.98 Å². The predicted octanol–water partition coefficient (Wildman–Crippen LogP) is 2.89. The lowest BCUT2D eigenvalue weighted by atomic mass is 9.86. The average Bonchev–Trinajstić information content (AvgIpc) is 2.88. The molecule has 0 saturated heterocycles. The number of halogens is 1. The fourth-order valence-electron chi connectivity index (χ4n) is 2.57. The molecule has 1 aromatic carbocycles. The monoisotopic (exact) mass is 319 g/mol. The van der Waals surface area contributed by atoms with Gasteiger partial charge in [-0.3, -0.25) is 4.79 Å². The van der Waals surface area contributed by atoms with Crippen molar-refractivity contribution in [3.8, 4) is 5.69 Å². The summed E-state index contributed by atoms with van der Waals surface area (Å²) in [5, 5.41) is 0. The number of benzene rings is 1. The van der Waals surface area contributed by atoms with Crippen LogP contribution in [0.2, 0.25) is 0 Å². The Bertz CT molecular complexity index is 675. The van der Waals surface area contributed by atoms with Gasteiger partial charge in [-0.05, 0) is 47.5 Å². The van der Waals surface area contributed by atoms with Gasteiger partial charge in [-0.1, -0.05) is 6.07 Å². The van der Waals surface area contributed by atoms with Gasteiger partial charge in [0.2, 0.25) is 5.91 Å². The molecular formula is C14H14BrN3O. The van der Waals surface area contributed by atoms with Gasteiger partial charge >= 0.3 is 0 Å². The summed E-state index contributed by atoms with van der Waals surface area (Å²) in [6.45, 7) is 3.93. The van der Waals surface area contributed by atoms with Crippen LogP contribution in [0.4, 0.5) is 5.69 Å². The van der Waals surface area contributed by atoms with E-state index in [0.29, 0.717) is 0 Å². The first kappa shape index (κ1) is 12.4. The highest BCUT2D eigenvalue weighted by Crippen LogP contribution is 2.41. The molecule has 0 spiro atoms. The summed E-state index contributed by atoms with van der Waals surface area (Å²) in [6.07, 6.45) is 3.64. The van der Waals surface area contributed by atoms with Gasteiger partial charge < -0.3 is 9.47 Å². The van der Waals surface area contributed by atoms with Crippen molar-refractivity contribution in [3.05, 3.63) is 40.9 Å². The van der Waals surface area contributed by atoms with Gasteiger partial charge in [-0.2, -0.15) is 0 Å². The molecule has 0 fully saturated rings. The zero-order valence-electron chi connectivity index (χ0n) is 11.0. The Morgan fingerprint density at radius 2 is 2.05 bits per heavy atom. The Hall–Kier alpha value is -1.62. The molecule has 2 aromatic rings. The smallest absolute Gasteiger partial charge is 0.236 e. The third-order valence-electron chi connectivity index (χ3n) is 3.70. The minimum absolute atomic E-state index is 0.131. The molecule has 0 bridgehead atoms. The highest BCUT2D eigenvalue weighted by molar-refractivity contribution is 9.10. The lowest BCUT2D eigenvalue weighted by molar-refractivity contribution is -0.121. The van der Waals surface area contributed by atoms with E-state index in [1.807, 2.05) is 49.9 Å². The van der Waals surface area contributed by atoms with Crippen molar-refractivity contribution in [1.29, 1.82) is 0 Å². The van der Waals surface area contributed by atoms with E-state index in [-0.39, 0.29) is 5.91 Å². The van der Waals surface area contributed by atoms with Crippen molar-refractivity contribution in [2.24, 2.45) is 0 Å². The van der Waals surface area contributed by atoms with Gasteiger partial charge in [0.1, 0.15) is 10.9 Å². The van der Waals surface area contributed by atoms with Crippen LogP contribution in [0.1, 0.15) is 19.4 Å². The number of amides is 1. The summed E-state index contributed by atoms with van der Waals surface area (Å²) in [5.74, 6) is 0.131. The van der Waals surface area contributed by atoms with Gasteiger partial charge in [0.05, 0.1) is 5.41 Å². The molecule has 1 aliphatic rings. The Morgan fingerprint density at radius 1 is 1.32 bits per heavy atom. The molecule has 0 unspecified atom stereocenters. The first-order chi connectivity index (χ1) is 8.91. The van der Waals surface area contributed by atoms with Crippen molar-refractivity contribution in [1.82, 2.24) is 9.55 Å². The number of rotatable bonds is 1. The third kappa shape index (κ3) is 1.72. The molecule has 4 nitrogen and oxygen atoms in total. The van der Waals surface area contributed by atoms with E-state index >= 15 is 0 Å². The van der Waals surface area contributed by atoms with Crippen LogP contribution in [0.3, 0.4) is 0 Å². The van der Waals surface area contributed by atoms with Crippen molar-refractivity contribution in [2.45, 2.75) is 19.3 Å². The Morgan fingerprint density at radius 3 is 2.68 bits per heavy atom. The Balaban J connectivity index is 2.14. The molecule has 0 N–H and O–H groups in total. The zero-order chi connectivity index (χ0) is 13.8. The number of anilines is 1. The molecule has 0 aliphatic carbocycles. The summed E-state index contributed by atoms with van der Waals surface area (Å²) in [7, 11) is 1.82. The molecule has 5 heteroatoms. The second kappa shape index (κ2) is 3.93. The number of carbonyl (C=O) groups is 1. The fraction of sp³-hybridized carbons (Fsp3) is 0.286. The van der Waals surface area contributed by atoms with E-state index < -0.39 is 5.41 Å². The first-order valence-corrected chi connectivity index (χ1v) is 6.83. The molecule has 1 aliphatic heterocycles. The van der Waals surface area contributed by atoms with Crippen molar-refractivity contribution in [3.63, 3.8) is 0 Å². The second-order valence-electron chi connectivity index (χ2n) is 5.29. The molecule has 2 heterocycles. The van der Waals surface area contributed by atoms with Gasteiger partial charge in [-0.15, -0.1) is 0 Å². The number of carbonyl (C=O) groups excluding carboxylic acids is 1. The van der Waals surface area contributed by atoms with Crippen LogP contribution >= 0.6 is 15.9 Å². The Kier molecular flexibility index (Phi) is 2.57. The number of aromatic nitrogens is 2. The molecule has 3 rings (SSSR count). The normalized spacial score (nSPS) is 16.8. The maximum absolute atomic E-state index is 12.2. The maximum Gasteiger partial charge on any atom is 0.236 e. The van der Waals surface area contributed by atoms with Gasteiger partial charge in [0, 0.05) is 24.6 Å². The fourth-order valence-corrected chi connectivity index (χ4v) is 2.88. The van der Waals surface area contributed by atoms with E-state index in [1.165, 1.54) is 0 Å².